The minimum Gasteiger partial charge on any atom is -0.496 e. The highest BCUT2D eigenvalue weighted by molar-refractivity contribution is 5.59. The summed E-state index contributed by atoms with van der Waals surface area (Å²) in [5.41, 5.74) is 6.41. The van der Waals surface area contributed by atoms with Crippen LogP contribution < -0.4 is 25.2 Å². The molecule has 1 aromatic heterocycles. The third kappa shape index (κ3) is 6.05. The summed E-state index contributed by atoms with van der Waals surface area (Å²) in [6.07, 6.45) is 5.55. The summed E-state index contributed by atoms with van der Waals surface area (Å²) in [6.45, 7) is 5.07. The number of methoxy groups -OCH3 is 1. The predicted octanol–water partition coefficient (Wildman–Crippen LogP) is 5.78. The number of likely N-dealkylation sites (tertiary alicyclic amines) is 1. The van der Waals surface area contributed by atoms with Gasteiger partial charge in [0.1, 0.15) is 29.0 Å². The molecule has 3 aliphatic heterocycles. The van der Waals surface area contributed by atoms with Gasteiger partial charge in [-0.05, 0) is 66.8 Å². The van der Waals surface area contributed by atoms with Crippen LogP contribution in [-0.2, 0) is 17.6 Å². The lowest BCUT2D eigenvalue weighted by atomic mass is 9.95. The second kappa shape index (κ2) is 12.8. The normalized spacial score (nSPS) is 18.7. The number of aromatic nitrogens is 1. The lowest BCUT2D eigenvalue weighted by molar-refractivity contribution is 0.0383. The molecule has 0 saturated carbocycles. The van der Waals surface area contributed by atoms with Gasteiger partial charge in [0.05, 0.1) is 13.7 Å². The summed E-state index contributed by atoms with van der Waals surface area (Å²) in [7, 11) is 1.75. The molecule has 4 aromatic rings. The molecule has 2 fully saturated rings. The van der Waals surface area contributed by atoms with Crippen molar-refractivity contribution in [3.8, 4) is 17.2 Å². The maximum atomic E-state index is 12.4. The van der Waals surface area contributed by atoms with Crippen LogP contribution in [0.2, 0.25) is 0 Å². The van der Waals surface area contributed by atoms with E-state index in [1.54, 1.807) is 13.3 Å². The van der Waals surface area contributed by atoms with E-state index in [0.29, 0.717) is 31.4 Å². The highest BCUT2D eigenvalue weighted by Crippen LogP contribution is 2.43. The van der Waals surface area contributed by atoms with Crippen LogP contribution in [0.25, 0.3) is 0 Å². The number of nitrogens with one attached hydrogen (secondary N) is 2. The van der Waals surface area contributed by atoms with Crippen LogP contribution >= 0.6 is 0 Å². The minimum absolute atomic E-state index is 0.0764. The monoisotopic (exact) mass is 592 g/mol. The van der Waals surface area contributed by atoms with E-state index in [0.717, 1.165) is 79.4 Å². The standard InChI is InChI=1S/C36H40N4O4/c1-42-32-10-3-2-6-25(32)13-17-39-18-14-28(15-19-39)38-29-11-12-33-27(23-29)22-26-7-4-8-30(35(26)44-33)34-24-40(20-21-43-34)31-9-5-16-37-36(31)41/h2-12,16,23,28,34,38H,13-15,17-22,24H2,1H3,(H,37,41). The van der Waals surface area contributed by atoms with Crippen molar-refractivity contribution in [3.05, 3.63) is 112 Å². The van der Waals surface area contributed by atoms with Gasteiger partial charge in [-0.2, -0.15) is 0 Å². The molecule has 1 atom stereocenters. The van der Waals surface area contributed by atoms with Crippen LogP contribution in [0.5, 0.6) is 17.2 Å². The maximum absolute atomic E-state index is 12.4. The summed E-state index contributed by atoms with van der Waals surface area (Å²) in [5.74, 6) is 2.76. The van der Waals surface area contributed by atoms with E-state index >= 15 is 0 Å². The van der Waals surface area contributed by atoms with E-state index in [1.165, 1.54) is 11.1 Å². The van der Waals surface area contributed by atoms with Gasteiger partial charge in [0.15, 0.2) is 0 Å². The van der Waals surface area contributed by atoms with Gasteiger partial charge in [0, 0.05) is 68.2 Å². The number of anilines is 2. The maximum Gasteiger partial charge on any atom is 0.271 e. The Labute approximate surface area is 258 Å². The summed E-state index contributed by atoms with van der Waals surface area (Å²) < 4.78 is 18.3. The Kier molecular flexibility index (Phi) is 8.27. The molecular formula is C36H40N4O4. The molecule has 7 rings (SSSR count). The number of hydrogen-bond donors (Lipinski definition) is 2. The van der Waals surface area contributed by atoms with Crippen molar-refractivity contribution in [3.63, 3.8) is 0 Å². The second-order valence-electron chi connectivity index (χ2n) is 11.9. The molecule has 0 aliphatic carbocycles. The predicted molar refractivity (Wildman–Crippen MR) is 174 cm³/mol. The summed E-state index contributed by atoms with van der Waals surface area (Å²) in [6, 6.07) is 25.3. The molecule has 8 heteroatoms. The molecule has 3 aliphatic rings. The van der Waals surface area contributed by atoms with Crippen LogP contribution in [0.15, 0.2) is 83.8 Å². The number of pyridine rings is 1. The summed E-state index contributed by atoms with van der Waals surface area (Å²) in [5, 5.41) is 3.80. The number of morpholine rings is 1. The van der Waals surface area contributed by atoms with Crippen molar-refractivity contribution in [1.82, 2.24) is 9.88 Å². The molecule has 0 spiro atoms. The number of hydrogen-bond acceptors (Lipinski definition) is 7. The fourth-order valence-corrected chi connectivity index (χ4v) is 6.79. The van der Waals surface area contributed by atoms with Gasteiger partial charge < -0.3 is 34.3 Å². The Hall–Kier alpha value is -4.27. The van der Waals surface area contributed by atoms with E-state index < -0.39 is 0 Å². The van der Waals surface area contributed by atoms with Crippen molar-refractivity contribution in [2.24, 2.45) is 0 Å². The first-order chi connectivity index (χ1) is 21.6. The first-order valence-corrected chi connectivity index (χ1v) is 15.7. The Morgan fingerprint density at radius 3 is 2.73 bits per heavy atom. The van der Waals surface area contributed by atoms with Gasteiger partial charge >= 0.3 is 0 Å². The molecule has 3 aromatic carbocycles. The van der Waals surface area contributed by atoms with Crippen LogP contribution in [0.4, 0.5) is 11.4 Å². The number of ether oxygens (including phenoxy) is 3. The number of rotatable bonds is 8. The van der Waals surface area contributed by atoms with Crippen molar-refractivity contribution >= 4 is 11.4 Å². The molecule has 0 radical (unpaired) electrons. The molecule has 2 saturated heterocycles. The van der Waals surface area contributed by atoms with Gasteiger partial charge in [-0.1, -0.05) is 36.4 Å². The topological polar surface area (TPSA) is 79.1 Å². The second-order valence-corrected chi connectivity index (χ2v) is 11.9. The number of para-hydroxylation sites is 2. The zero-order chi connectivity index (χ0) is 29.9. The molecule has 228 valence electrons. The van der Waals surface area contributed by atoms with E-state index in [-0.39, 0.29) is 11.7 Å². The Bertz CT molecular complexity index is 1660. The summed E-state index contributed by atoms with van der Waals surface area (Å²) in [4.78, 5) is 19.9. The van der Waals surface area contributed by atoms with Crippen LogP contribution in [0.1, 0.15) is 41.2 Å². The molecule has 2 N–H and O–H groups in total. The first-order valence-electron chi connectivity index (χ1n) is 15.7. The molecule has 0 amide bonds. The number of nitrogens with zero attached hydrogens (tertiary/aromatic N) is 2. The van der Waals surface area contributed by atoms with Crippen LogP contribution in [0, 0.1) is 0 Å². The fourth-order valence-electron chi connectivity index (χ4n) is 6.79. The largest absolute Gasteiger partial charge is 0.496 e. The smallest absolute Gasteiger partial charge is 0.271 e. The molecule has 0 bridgehead atoms. The average Bonchev–Trinajstić information content (AvgIpc) is 3.07. The van der Waals surface area contributed by atoms with Crippen molar-refractivity contribution in [1.29, 1.82) is 0 Å². The third-order valence-corrected chi connectivity index (χ3v) is 9.18. The number of piperidine rings is 1. The van der Waals surface area contributed by atoms with Gasteiger partial charge in [0.2, 0.25) is 0 Å². The lowest BCUT2D eigenvalue weighted by Crippen LogP contribution is -2.41. The summed E-state index contributed by atoms with van der Waals surface area (Å²) >= 11 is 0. The molecule has 44 heavy (non-hydrogen) atoms. The first kappa shape index (κ1) is 28.5. The SMILES string of the molecule is COc1ccccc1CCN1CCC(Nc2ccc3c(c2)Cc2cccc(C4CN(c5ccc[nH]c5=O)CCO4)c2O3)CC1. The van der Waals surface area contributed by atoms with Gasteiger partial charge in [-0.3, -0.25) is 4.79 Å². The van der Waals surface area contributed by atoms with E-state index in [4.69, 9.17) is 14.2 Å². The quantitative estimate of drug-likeness (QED) is 0.237. The highest BCUT2D eigenvalue weighted by Gasteiger charge is 2.29. The van der Waals surface area contributed by atoms with Gasteiger partial charge in [0.25, 0.3) is 5.56 Å². The molecule has 4 heterocycles. The van der Waals surface area contributed by atoms with Gasteiger partial charge in [-0.25, -0.2) is 0 Å². The van der Waals surface area contributed by atoms with Crippen molar-refractivity contribution < 1.29 is 14.2 Å². The van der Waals surface area contributed by atoms with Gasteiger partial charge in [-0.15, -0.1) is 0 Å². The van der Waals surface area contributed by atoms with Crippen LogP contribution in [0.3, 0.4) is 0 Å². The number of fused-ring (bicyclic) bond motifs is 2. The van der Waals surface area contributed by atoms with E-state index in [1.807, 2.05) is 24.3 Å². The highest BCUT2D eigenvalue weighted by atomic mass is 16.5. The number of aromatic amines is 1. The minimum atomic E-state index is -0.179. The van der Waals surface area contributed by atoms with Crippen molar-refractivity contribution in [2.75, 3.05) is 56.7 Å². The zero-order valence-corrected chi connectivity index (χ0v) is 25.3. The van der Waals surface area contributed by atoms with E-state index in [2.05, 4.69) is 68.6 Å². The fraction of sp³-hybridized carbons (Fsp3) is 0.361. The number of benzene rings is 3. The van der Waals surface area contributed by atoms with Crippen molar-refractivity contribution in [2.45, 2.75) is 37.8 Å². The van der Waals surface area contributed by atoms with Crippen LogP contribution in [-0.4, -0.2) is 62.4 Å². The number of H-pyrrole nitrogens is 1. The third-order valence-electron chi connectivity index (χ3n) is 9.18. The molecule has 8 nitrogen and oxygen atoms in total. The zero-order valence-electron chi connectivity index (χ0n) is 25.3. The Balaban J connectivity index is 0.971. The molecular weight excluding hydrogens is 552 g/mol. The van der Waals surface area contributed by atoms with E-state index in [9.17, 15) is 4.79 Å². The Morgan fingerprint density at radius 2 is 1.86 bits per heavy atom. The lowest BCUT2D eigenvalue weighted by Gasteiger charge is -2.35. The Morgan fingerprint density at radius 1 is 0.977 bits per heavy atom. The molecule has 1 unspecified atom stereocenters. The average molecular weight is 593 g/mol.